The van der Waals surface area contributed by atoms with E-state index in [0.717, 1.165) is 0 Å². The van der Waals surface area contributed by atoms with E-state index in [0.29, 0.717) is 5.82 Å². The van der Waals surface area contributed by atoms with Gasteiger partial charge in [0, 0.05) is 13.1 Å². The molecule has 1 amide bonds. The van der Waals surface area contributed by atoms with Crippen molar-refractivity contribution < 1.29 is 27.9 Å². The molecule has 0 saturated carbocycles. The third kappa shape index (κ3) is 7.77. The van der Waals surface area contributed by atoms with Crippen molar-refractivity contribution >= 4 is 17.7 Å². The highest BCUT2D eigenvalue weighted by Gasteiger charge is 2.38. The number of carboxylic acids is 1. The van der Waals surface area contributed by atoms with Crippen LogP contribution in [0.5, 0.6) is 0 Å². The van der Waals surface area contributed by atoms with Crippen LogP contribution in [-0.4, -0.2) is 28.1 Å². The quantitative estimate of drug-likeness (QED) is 0.794. The van der Waals surface area contributed by atoms with E-state index in [2.05, 4.69) is 10.3 Å². The molecule has 0 bridgehead atoms. The molecule has 1 aromatic rings. The molecule has 0 aromatic carbocycles. The summed E-state index contributed by atoms with van der Waals surface area (Å²) in [4.78, 5) is 23.2. The topological polar surface area (TPSA) is 79.3 Å². The Kier molecular flexibility index (Phi) is 5.65. The number of halogens is 3. The average molecular weight is 250 g/mol. The van der Waals surface area contributed by atoms with Crippen LogP contribution in [0.25, 0.3) is 0 Å². The number of carbonyl (C=O) groups is 2. The molecule has 8 heteroatoms. The molecule has 0 aliphatic carbocycles. The van der Waals surface area contributed by atoms with Gasteiger partial charge in [-0.1, -0.05) is 6.07 Å². The summed E-state index contributed by atoms with van der Waals surface area (Å²) in [7, 11) is 0. The lowest BCUT2D eigenvalue weighted by atomic mass is 10.4. The van der Waals surface area contributed by atoms with Gasteiger partial charge in [-0.2, -0.15) is 13.2 Å². The van der Waals surface area contributed by atoms with E-state index >= 15 is 0 Å². The van der Waals surface area contributed by atoms with Gasteiger partial charge in [-0.05, 0) is 12.1 Å². The number of amides is 1. The van der Waals surface area contributed by atoms with Gasteiger partial charge >= 0.3 is 12.1 Å². The number of nitrogens with one attached hydrogen (secondary N) is 1. The lowest BCUT2D eigenvalue weighted by Gasteiger charge is -1.96. The van der Waals surface area contributed by atoms with Crippen molar-refractivity contribution in [2.24, 2.45) is 0 Å². The van der Waals surface area contributed by atoms with E-state index in [9.17, 15) is 18.0 Å². The number of hydrogen-bond acceptors (Lipinski definition) is 3. The fourth-order valence-corrected chi connectivity index (χ4v) is 0.617. The number of carbonyl (C=O) groups excluding carboxylic acids is 1. The molecular formula is C9H9F3N2O3. The van der Waals surface area contributed by atoms with E-state index in [-0.39, 0.29) is 5.91 Å². The van der Waals surface area contributed by atoms with Gasteiger partial charge in [0.1, 0.15) is 5.82 Å². The second-order valence-electron chi connectivity index (χ2n) is 2.70. The zero-order valence-corrected chi connectivity index (χ0v) is 8.65. The van der Waals surface area contributed by atoms with Crippen LogP contribution in [0, 0.1) is 0 Å². The zero-order valence-electron chi connectivity index (χ0n) is 8.65. The maximum Gasteiger partial charge on any atom is 0.490 e. The third-order valence-electron chi connectivity index (χ3n) is 1.21. The second-order valence-corrected chi connectivity index (χ2v) is 2.70. The Morgan fingerprint density at radius 1 is 1.35 bits per heavy atom. The highest BCUT2D eigenvalue weighted by atomic mass is 19.4. The number of nitrogens with zero attached hydrogens (tertiary/aromatic N) is 1. The van der Waals surface area contributed by atoms with Crippen LogP contribution in [0.3, 0.4) is 0 Å². The number of alkyl halides is 3. The molecule has 0 radical (unpaired) electrons. The lowest BCUT2D eigenvalue weighted by molar-refractivity contribution is -0.192. The summed E-state index contributed by atoms with van der Waals surface area (Å²) in [6.07, 6.45) is -3.45. The highest BCUT2D eigenvalue weighted by molar-refractivity contribution is 5.87. The van der Waals surface area contributed by atoms with Crippen molar-refractivity contribution in [1.29, 1.82) is 0 Å². The van der Waals surface area contributed by atoms with Crippen molar-refractivity contribution in [3.63, 3.8) is 0 Å². The predicted octanol–water partition coefficient (Wildman–Crippen LogP) is 1.67. The maximum atomic E-state index is 10.6. The molecule has 5 nitrogen and oxygen atoms in total. The Balaban J connectivity index is 0.000000325. The summed E-state index contributed by atoms with van der Waals surface area (Å²) in [6, 6.07) is 5.35. The predicted molar refractivity (Wildman–Crippen MR) is 52.2 cm³/mol. The maximum absolute atomic E-state index is 10.6. The standard InChI is InChI=1S/C7H8N2O.C2HF3O2/c1-6(10)9-7-4-2-3-5-8-7;3-2(4,5)1(6)7/h2-5H,1H3,(H,8,9,10);(H,6,7). The largest absolute Gasteiger partial charge is 0.490 e. The van der Waals surface area contributed by atoms with Gasteiger partial charge in [-0.3, -0.25) is 4.79 Å². The van der Waals surface area contributed by atoms with Gasteiger partial charge in [0.25, 0.3) is 0 Å². The van der Waals surface area contributed by atoms with Crippen LogP contribution in [0.15, 0.2) is 24.4 Å². The summed E-state index contributed by atoms with van der Waals surface area (Å²) in [6.45, 7) is 1.45. The minimum Gasteiger partial charge on any atom is -0.475 e. The number of anilines is 1. The first-order valence-corrected chi connectivity index (χ1v) is 4.22. The normalized spacial score (nSPS) is 9.88. The van der Waals surface area contributed by atoms with E-state index < -0.39 is 12.1 Å². The van der Waals surface area contributed by atoms with Crippen LogP contribution in [0.4, 0.5) is 19.0 Å². The summed E-state index contributed by atoms with van der Waals surface area (Å²) in [5, 5.41) is 9.68. The molecule has 0 atom stereocenters. The summed E-state index contributed by atoms with van der Waals surface area (Å²) < 4.78 is 31.7. The van der Waals surface area contributed by atoms with Crippen molar-refractivity contribution in [3.8, 4) is 0 Å². The number of carboxylic acid groups (broad SMARTS) is 1. The summed E-state index contributed by atoms with van der Waals surface area (Å²) >= 11 is 0. The van der Waals surface area contributed by atoms with Crippen LogP contribution in [-0.2, 0) is 9.59 Å². The molecule has 1 aromatic heterocycles. The molecule has 1 heterocycles. The smallest absolute Gasteiger partial charge is 0.475 e. The first kappa shape index (κ1) is 14.9. The van der Waals surface area contributed by atoms with Gasteiger partial charge in [0.05, 0.1) is 0 Å². The molecule has 0 saturated heterocycles. The van der Waals surface area contributed by atoms with Crippen molar-refractivity contribution in [2.45, 2.75) is 13.1 Å². The molecule has 0 aliphatic heterocycles. The van der Waals surface area contributed by atoms with Crippen LogP contribution >= 0.6 is 0 Å². The van der Waals surface area contributed by atoms with Crippen molar-refractivity contribution in [3.05, 3.63) is 24.4 Å². The molecule has 17 heavy (non-hydrogen) atoms. The highest BCUT2D eigenvalue weighted by Crippen LogP contribution is 2.13. The van der Waals surface area contributed by atoms with Crippen LogP contribution in [0.2, 0.25) is 0 Å². The Hall–Kier alpha value is -2.12. The first-order valence-electron chi connectivity index (χ1n) is 4.22. The Bertz CT molecular complexity index is 379. The summed E-state index contributed by atoms with van der Waals surface area (Å²) in [5.74, 6) is -2.26. The fraction of sp³-hybridized carbons (Fsp3) is 0.222. The third-order valence-corrected chi connectivity index (χ3v) is 1.21. The van der Waals surface area contributed by atoms with Gasteiger partial charge < -0.3 is 10.4 Å². The van der Waals surface area contributed by atoms with Gasteiger partial charge in [0.15, 0.2) is 0 Å². The average Bonchev–Trinajstić information content (AvgIpc) is 2.17. The van der Waals surface area contributed by atoms with Crippen LogP contribution < -0.4 is 5.32 Å². The first-order chi connectivity index (χ1) is 7.73. The minimum atomic E-state index is -5.08. The monoisotopic (exact) mass is 250 g/mol. The molecule has 2 N–H and O–H groups in total. The summed E-state index contributed by atoms with van der Waals surface area (Å²) in [5.41, 5.74) is 0. The molecule has 0 unspecified atom stereocenters. The van der Waals surface area contributed by atoms with Crippen molar-refractivity contribution in [2.75, 3.05) is 5.32 Å². The number of hydrogen-bond donors (Lipinski definition) is 2. The zero-order chi connectivity index (χ0) is 13.5. The Morgan fingerprint density at radius 3 is 2.18 bits per heavy atom. The molecule has 0 fully saturated rings. The van der Waals surface area contributed by atoms with Gasteiger partial charge in [-0.15, -0.1) is 0 Å². The molecule has 0 spiro atoms. The number of aromatic nitrogens is 1. The number of rotatable bonds is 1. The Labute approximate surface area is 94.3 Å². The van der Waals surface area contributed by atoms with E-state index in [1.807, 2.05) is 6.07 Å². The second kappa shape index (κ2) is 6.46. The van der Waals surface area contributed by atoms with Gasteiger partial charge in [-0.25, -0.2) is 9.78 Å². The van der Waals surface area contributed by atoms with E-state index in [1.54, 1.807) is 18.3 Å². The van der Waals surface area contributed by atoms with Gasteiger partial charge in [0.2, 0.25) is 5.91 Å². The molecule has 1 rings (SSSR count). The number of pyridine rings is 1. The van der Waals surface area contributed by atoms with E-state index in [4.69, 9.17) is 9.90 Å². The minimum absolute atomic E-state index is 0.0984. The fourth-order valence-electron chi connectivity index (χ4n) is 0.617. The SMILES string of the molecule is CC(=O)Nc1ccccn1.O=C(O)C(F)(F)F. The van der Waals surface area contributed by atoms with Crippen LogP contribution in [0.1, 0.15) is 6.92 Å². The lowest BCUT2D eigenvalue weighted by Crippen LogP contribution is -2.21. The molecular weight excluding hydrogens is 241 g/mol. The van der Waals surface area contributed by atoms with Crippen molar-refractivity contribution in [1.82, 2.24) is 4.98 Å². The molecule has 94 valence electrons. The molecule has 0 aliphatic rings. The number of aliphatic carboxylic acids is 1. The van der Waals surface area contributed by atoms with E-state index in [1.165, 1.54) is 6.92 Å². The Morgan fingerprint density at radius 2 is 1.88 bits per heavy atom.